The fourth-order valence-electron chi connectivity index (χ4n) is 2.82. The molecule has 1 atom stereocenters. The van der Waals surface area contributed by atoms with Crippen LogP contribution in [0.4, 0.5) is 0 Å². The number of ether oxygens (including phenoxy) is 1. The van der Waals surface area contributed by atoms with Crippen molar-refractivity contribution in [3.8, 4) is 17.2 Å². The highest BCUT2D eigenvalue weighted by atomic mass is 16.5. The normalized spacial score (nSPS) is 11.6. The zero-order valence-corrected chi connectivity index (χ0v) is 17.5. The van der Waals surface area contributed by atoms with Crippen LogP contribution in [0, 0.1) is 20.8 Å². The lowest BCUT2D eigenvalue weighted by Gasteiger charge is -2.17. The maximum atomic E-state index is 12.3. The van der Waals surface area contributed by atoms with Crippen molar-refractivity contribution in [1.29, 1.82) is 0 Å². The number of carbonyl (C=O) groups is 2. The van der Waals surface area contributed by atoms with E-state index in [4.69, 9.17) is 9.15 Å². The highest BCUT2D eigenvalue weighted by molar-refractivity contribution is 5.85. The van der Waals surface area contributed by atoms with E-state index in [1.54, 1.807) is 13.8 Å². The molecule has 2 N–H and O–H groups in total. The van der Waals surface area contributed by atoms with Crippen LogP contribution in [0.25, 0.3) is 11.5 Å². The first kappa shape index (κ1) is 21.1. The highest BCUT2D eigenvalue weighted by Crippen LogP contribution is 2.22. The van der Waals surface area contributed by atoms with Gasteiger partial charge in [-0.05, 0) is 57.0 Å². The van der Waals surface area contributed by atoms with Crippen molar-refractivity contribution >= 4 is 11.8 Å². The Hall–Kier alpha value is -3.61. The zero-order valence-electron chi connectivity index (χ0n) is 17.5. The van der Waals surface area contributed by atoms with Crippen molar-refractivity contribution in [2.24, 2.45) is 0 Å². The molecule has 0 radical (unpaired) electrons. The van der Waals surface area contributed by atoms with Crippen LogP contribution in [0.15, 0.2) is 52.9 Å². The van der Waals surface area contributed by atoms with Crippen LogP contribution in [-0.4, -0.2) is 22.9 Å². The van der Waals surface area contributed by atoms with E-state index in [0.29, 0.717) is 23.1 Å². The number of rotatable bonds is 6. The first-order valence-corrected chi connectivity index (χ1v) is 9.68. The van der Waals surface area contributed by atoms with Gasteiger partial charge in [-0.1, -0.05) is 30.3 Å². The summed E-state index contributed by atoms with van der Waals surface area (Å²) in [5.74, 6) is 0.789. The van der Waals surface area contributed by atoms with Crippen LogP contribution in [0.1, 0.15) is 29.5 Å². The van der Waals surface area contributed by atoms with E-state index in [1.807, 2.05) is 62.4 Å². The standard InChI is InChI=1S/C23H25N3O4/c1-14-9-8-12-20(15(14)2)29-17(4)22(28)26-25-21(27)13-19-16(3)30-23(24-19)18-10-6-5-7-11-18/h5-12,17H,13H2,1-4H3,(H,25,27)(H,26,28). The lowest BCUT2D eigenvalue weighted by molar-refractivity contribution is -0.132. The number of oxazole rings is 1. The molecule has 0 aliphatic heterocycles. The van der Waals surface area contributed by atoms with Crippen molar-refractivity contribution in [3.05, 3.63) is 71.1 Å². The summed E-state index contributed by atoms with van der Waals surface area (Å²) in [6, 6.07) is 15.1. The fraction of sp³-hybridized carbons (Fsp3) is 0.261. The molecule has 0 aliphatic carbocycles. The maximum absolute atomic E-state index is 12.3. The quantitative estimate of drug-likeness (QED) is 0.611. The Labute approximate surface area is 175 Å². The zero-order chi connectivity index (χ0) is 21.7. The number of aryl methyl sites for hydroxylation is 2. The monoisotopic (exact) mass is 407 g/mol. The van der Waals surface area contributed by atoms with E-state index in [1.165, 1.54) is 0 Å². The van der Waals surface area contributed by atoms with Gasteiger partial charge in [-0.15, -0.1) is 0 Å². The average molecular weight is 407 g/mol. The van der Waals surface area contributed by atoms with Crippen molar-refractivity contribution < 1.29 is 18.7 Å². The Kier molecular flexibility index (Phi) is 6.51. The third-order valence-corrected chi connectivity index (χ3v) is 4.79. The molecular formula is C23H25N3O4. The van der Waals surface area contributed by atoms with Crippen molar-refractivity contribution in [2.75, 3.05) is 0 Å². The molecule has 0 aliphatic rings. The molecule has 3 aromatic rings. The van der Waals surface area contributed by atoms with E-state index in [0.717, 1.165) is 16.7 Å². The second-order valence-electron chi connectivity index (χ2n) is 7.06. The van der Waals surface area contributed by atoms with Gasteiger partial charge in [0.1, 0.15) is 11.5 Å². The highest BCUT2D eigenvalue weighted by Gasteiger charge is 2.18. The van der Waals surface area contributed by atoms with Gasteiger partial charge in [0.05, 0.1) is 12.1 Å². The van der Waals surface area contributed by atoms with Crippen LogP contribution < -0.4 is 15.6 Å². The Morgan fingerprint density at radius 1 is 1.03 bits per heavy atom. The van der Waals surface area contributed by atoms with Crippen LogP contribution in [0.2, 0.25) is 0 Å². The molecule has 1 aromatic heterocycles. The van der Waals surface area contributed by atoms with Crippen LogP contribution in [0.5, 0.6) is 5.75 Å². The molecule has 1 unspecified atom stereocenters. The topological polar surface area (TPSA) is 93.5 Å². The molecule has 0 bridgehead atoms. The van der Waals surface area contributed by atoms with Crippen molar-refractivity contribution in [3.63, 3.8) is 0 Å². The van der Waals surface area contributed by atoms with Gasteiger partial charge >= 0.3 is 0 Å². The predicted molar refractivity (Wildman–Crippen MR) is 113 cm³/mol. The summed E-state index contributed by atoms with van der Waals surface area (Å²) in [5.41, 5.74) is 8.18. The largest absolute Gasteiger partial charge is 0.481 e. The minimum atomic E-state index is -0.774. The molecular weight excluding hydrogens is 382 g/mol. The average Bonchev–Trinajstić information content (AvgIpc) is 3.10. The summed E-state index contributed by atoms with van der Waals surface area (Å²) in [7, 11) is 0. The van der Waals surface area contributed by atoms with Crippen LogP contribution >= 0.6 is 0 Å². The summed E-state index contributed by atoms with van der Waals surface area (Å²) >= 11 is 0. The Bertz CT molecular complexity index is 1040. The van der Waals surface area contributed by atoms with Gasteiger partial charge in [0.25, 0.3) is 5.91 Å². The van der Waals surface area contributed by atoms with E-state index in [9.17, 15) is 9.59 Å². The summed E-state index contributed by atoms with van der Waals surface area (Å²) in [6.07, 6.45) is -0.793. The van der Waals surface area contributed by atoms with Crippen molar-refractivity contribution in [1.82, 2.24) is 15.8 Å². The second kappa shape index (κ2) is 9.26. The molecule has 156 valence electrons. The first-order chi connectivity index (χ1) is 14.3. The molecule has 2 aromatic carbocycles. The molecule has 0 fully saturated rings. The third kappa shape index (κ3) is 5.05. The number of amides is 2. The number of hydrogen-bond acceptors (Lipinski definition) is 5. The van der Waals surface area contributed by atoms with Crippen molar-refractivity contribution in [2.45, 2.75) is 40.2 Å². The number of carbonyl (C=O) groups excluding carboxylic acids is 2. The fourth-order valence-corrected chi connectivity index (χ4v) is 2.82. The van der Waals surface area contributed by atoms with Gasteiger partial charge in [0.15, 0.2) is 6.10 Å². The summed E-state index contributed by atoms with van der Waals surface area (Å²) in [6.45, 7) is 7.28. The van der Waals surface area contributed by atoms with E-state index < -0.39 is 17.9 Å². The molecule has 7 nitrogen and oxygen atoms in total. The molecule has 0 saturated heterocycles. The van der Waals surface area contributed by atoms with Gasteiger partial charge in [-0.25, -0.2) is 4.98 Å². The maximum Gasteiger partial charge on any atom is 0.279 e. The number of benzene rings is 2. The van der Waals surface area contributed by atoms with Gasteiger partial charge in [-0.2, -0.15) is 0 Å². The number of aromatic nitrogens is 1. The van der Waals surface area contributed by atoms with E-state index >= 15 is 0 Å². The minimum absolute atomic E-state index is 0.0192. The first-order valence-electron chi connectivity index (χ1n) is 9.68. The third-order valence-electron chi connectivity index (χ3n) is 4.79. The summed E-state index contributed by atoms with van der Waals surface area (Å²) in [5, 5.41) is 0. The van der Waals surface area contributed by atoms with Gasteiger partial charge in [-0.3, -0.25) is 20.4 Å². The molecule has 0 saturated carbocycles. The van der Waals surface area contributed by atoms with E-state index in [2.05, 4.69) is 15.8 Å². The smallest absolute Gasteiger partial charge is 0.279 e. The van der Waals surface area contributed by atoms with Gasteiger partial charge in [0, 0.05) is 5.56 Å². The summed E-state index contributed by atoms with van der Waals surface area (Å²) < 4.78 is 11.4. The van der Waals surface area contributed by atoms with Gasteiger partial charge in [0.2, 0.25) is 11.8 Å². The molecule has 0 spiro atoms. The molecule has 3 rings (SSSR count). The molecule has 7 heteroatoms. The number of nitrogens with one attached hydrogen (secondary N) is 2. The lowest BCUT2D eigenvalue weighted by Crippen LogP contribution is -2.47. The molecule has 30 heavy (non-hydrogen) atoms. The number of nitrogens with zero attached hydrogens (tertiary/aromatic N) is 1. The summed E-state index contributed by atoms with van der Waals surface area (Å²) in [4.78, 5) is 28.9. The number of hydrazine groups is 1. The second-order valence-corrected chi connectivity index (χ2v) is 7.06. The van der Waals surface area contributed by atoms with Crippen LogP contribution in [-0.2, 0) is 16.0 Å². The Morgan fingerprint density at radius 3 is 2.50 bits per heavy atom. The van der Waals surface area contributed by atoms with E-state index in [-0.39, 0.29) is 6.42 Å². The minimum Gasteiger partial charge on any atom is -0.481 e. The predicted octanol–water partition coefficient (Wildman–Crippen LogP) is 3.42. The Balaban J connectivity index is 1.53. The number of hydrogen-bond donors (Lipinski definition) is 2. The molecule has 1 heterocycles. The van der Waals surface area contributed by atoms with Gasteiger partial charge < -0.3 is 9.15 Å². The lowest BCUT2D eigenvalue weighted by atomic mass is 10.1. The van der Waals surface area contributed by atoms with Crippen LogP contribution in [0.3, 0.4) is 0 Å². The SMILES string of the molecule is Cc1cccc(OC(C)C(=O)NNC(=O)Cc2nc(-c3ccccc3)oc2C)c1C. The Morgan fingerprint density at radius 2 is 1.77 bits per heavy atom. The molecule has 2 amide bonds.